The Morgan fingerprint density at radius 2 is 1.91 bits per heavy atom. The van der Waals surface area contributed by atoms with Crippen molar-refractivity contribution in [3.05, 3.63) is 52.4 Å². The molecule has 1 aromatic carbocycles. The van der Waals surface area contributed by atoms with Crippen molar-refractivity contribution in [2.75, 3.05) is 32.7 Å². The second kappa shape index (κ2) is 10.1. The SMILES string of the molecule is CCOC(=O)C1=C(COC(=O)c2c(C)nsc2NC)NC(=O)NC1c1ccc(OC)cc1. The second-order valence-corrected chi connectivity index (χ2v) is 7.49. The molecule has 0 saturated carbocycles. The molecule has 3 rings (SSSR count). The molecule has 2 heterocycles. The van der Waals surface area contributed by atoms with E-state index < -0.39 is 24.0 Å². The molecule has 0 bridgehead atoms. The number of urea groups is 1. The average Bonchev–Trinajstić information content (AvgIpc) is 3.17. The van der Waals surface area contributed by atoms with Gasteiger partial charge in [-0.2, -0.15) is 4.37 Å². The first-order valence-corrected chi connectivity index (χ1v) is 10.6. The average molecular weight is 461 g/mol. The lowest BCUT2D eigenvalue weighted by Gasteiger charge is -2.29. The molecule has 1 atom stereocenters. The molecule has 32 heavy (non-hydrogen) atoms. The normalized spacial score (nSPS) is 15.5. The van der Waals surface area contributed by atoms with Crippen LogP contribution in [0.15, 0.2) is 35.5 Å². The zero-order valence-corrected chi connectivity index (χ0v) is 18.9. The highest BCUT2D eigenvalue weighted by Crippen LogP contribution is 2.30. The number of aryl methyl sites for hydroxylation is 1. The fourth-order valence-corrected chi connectivity index (χ4v) is 3.95. The number of aromatic nitrogens is 1. The van der Waals surface area contributed by atoms with Crippen LogP contribution in [0.1, 0.15) is 34.6 Å². The number of ether oxygens (including phenoxy) is 3. The number of anilines is 1. The maximum absolute atomic E-state index is 12.8. The smallest absolute Gasteiger partial charge is 0.343 e. The fourth-order valence-electron chi connectivity index (χ4n) is 3.22. The minimum Gasteiger partial charge on any atom is -0.497 e. The Kier molecular flexibility index (Phi) is 7.31. The Bertz CT molecular complexity index is 1050. The van der Waals surface area contributed by atoms with Crippen molar-refractivity contribution in [3.8, 4) is 5.75 Å². The lowest BCUT2D eigenvalue weighted by Crippen LogP contribution is -2.47. The van der Waals surface area contributed by atoms with Crippen molar-refractivity contribution >= 4 is 34.5 Å². The van der Waals surface area contributed by atoms with Crippen LogP contribution in [0, 0.1) is 6.92 Å². The Hall–Kier alpha value is -3.60. The van der Waals surface area contributed by atoms with Crippen LogP contribution in [0.2, 0.25) is 0 Å². The summed E-state index contributed by atoms with van der Waals surface area (Å²) in [7, 11) is 3.22. The number of benzene rings is 1. The summed E-state index contributed by atoms with van der Waals surface area (Å²) in [6.45, 7) is 3.19. The summed E-state index contributed by atoms with van der Waals surface area (Å²) < 4.78 is 20.0. The fraction of sp³-hybridized carbons (Fsp3) is 0.333. The number of carbonyl (C=O) groups is 3. The van der Waals surface area contributed by atoms with Gasteiger partial charge in [-0.1, -0.05) is 12.1 Å². The van der Waals surface area contributed by atoms with Gasteiger partial charge < -0.3 is 30.2 Å². The topological polar surface area (TPSA) is 128 Å². The predicted octanol–water partition coefficient (Wildman–Crippen LogP) is 2.53. The first-order chi connectivity index (χ1) is 15.4. The highest BCUT2D eigenvalue weighted by Gasteiger charge is 2.34. The zero-order valence-electron chi connectivity index (χ0n) is 18.1. The zero-order chi connectivity index (χ0) is 23.3. The third-order valence-corrected chi connectivity index (χ3v) is 5.70. The summed E-state index contributed by atoms with van der Waals surface area (Å²) >= 11 is 1.14. The molecule has 0 radical (unpaired) electrons. The van der Waals surface area contributed by atoms with E-state index >= 15 is 0 Å². The molecule has 1 unspecified atom stereocenters. The standard InChI is InChI=1S/C21H24N4O6S/c1-5-30-20(27)16-14(10-31-19(26)15-11(2)25-32-18(15)22-3)23-21(28)24-17(16)12-6-8-13(29-4)9-7-12/h6-9,17,22H,5,10H2,1-4H3,(H2,23,24,28). The number of methoxy groups -OCH3 is 1. The number of rotatable bonds is 8. The molecule has 11 heteroatoms. The Morgan fingerprint density at radius 1 is 1.19 bits per heavy atom. The van der Waals surface area contributed by atoms with Crippen LogP contribution in [0.25, 0.3) is 0 Å². The lowest BCUT2D eigenvalue weighted by atomic mass is 9.95. The van der Waals surface area contributed by atoms with E-state index in [1.54, 1.807) is 52.3 Å². The molecule has 1 aliphatic heterocycles. The Labute approximate surface area is 189 Å². The van der Waals surface area contributed by atoms with Crippen LogP contribution in [0.5, 0.6) is 5.75 Å². The molecule has 1 aliphatic rings. The van der Waals surface area contributed by atoms with Crippen molar-refractivity contribution < 1.29 is 28.6 Å². The maximum atomic E-state index is 12.8. The molecule has 0 aliphatic carbocycles. The summed E-state index contributed by atoms with van der Waals surface area (Å²) in [6.07, 6.45) is 0. The van der Waals surface area contributed by atoms with Crippen LogP contribution in [-0.2, 0) is 14.3 Å². The van der Waals surface area contributed by atoms with E-state index in [9.17, 15) is 14.4 Å². The molecule has 0 saturated heterocycles. The lowest BCUT2D eigenvalue weighted by molar-refractivity contribution is -0.139. The molecule has 10 nitrogen and oxygen atoms in total. The molecule has 2 aromatic rings. The molecule has 2 amide bonds. The number of esters is 2. The number of hydrogen-bond acceptors (Lipinski definition) is 9. The Morgan fingerprint density at radius 3 is 2.53 bits per heavy atom. The van der Waals surface area contributed by atoms with Crippen molar-refractivity contribution in [1.29, 1.82) is 0 Å². The van der Waals surface area contributed by atoms with E-state index in [4.69, 9.17) is 14.2 Å². The van der Waals surface area contributed by atoms with Crippen LogP contribution in [-0.4, -0.2) is 49.7 Å². The van der Waals surface area contributed by atoms with E-state index in [1.165, 1.54) is 0 Å². The Balaban J connectivity index is 1.94. The molecule has 170 valence electrons. The van der Waals surface area contributed by atoms with Crippen molar-refractivity contribution in [1.82, 2.24) is 15.0 Å². The van der Waals surface area contributed by atoms with Gasteiger partial charge >= 0.3 is 18.0 Å². The summed E-state index contributed by atoms with van der Waals surface area (Å²) in [5, 5.41) is 8.76. The van der Waals surface area contributed by atoms with Crippen LogP contribution < -0.4 is 20.7 Å². The van der Waals surface area contributed by atoms with Crippen LogP contribution >= 0.6 is 11.5 Å². The van der Waals surface area contributed by atoms with Gasteiger partial charge in [-0.15, -0.1) is 0 Å². The maximum Gasteiger partial charge on any atom is 0.343 e. The van der Waals surface area contributed by atoms with Gasteiger partial charge in [-0.05, 0) is 43.1 Å². The summed E-state index contributed by atoms with van der Waals surface area (Å²) in [6, 6.07) is 5.58. The molecule has 1 aromatic heterocycles. The second-order valence-electron chi connectivity index (χ2n) is 6.72. The predicted molar refractivity (Wildman–Crippen MR) is 118 cm³/mol. The third-order valence-electron chi connectivity index (χ3n) is 4.74. The molecule has 0 spiro atoms. The number of nitrogens with one attached hydrogen (secondary N) is 3. The molecular formula is C21H24N4O6S. The van der Waals surface area contributed by atoms with Crippen LogP contribution in [0.3, 0.4) is 0 Å². The molecular weight excluding hydrogens is 436 g/mol. The van der Waals surface area contributed by atoms with Gasteiger partial charge in [0.05, 0.1) is 36.7 Å². The monoisotopic (exact) mass is 460 g/mol. The highest BCUT2D eigenvalue weighted by atomic mass is 32.1. The van der Waals surface area contributed by atoms with Gasteiger partial charge in [0.1, 0.15) is 22.9 Å². The van der Waals surface area contributed by atoms with Gasteiger partial charge in [0.25, 0.3) is 0 Å². The van der Waals surface area contributed by atoms with Gasteiger partial charge in [-0.25, -0.2) is 14.4 Å². The largest absolute Gasteiger partial charge is 0.497 e. The number of carbonyl (C=O) groups excluding carboxylic acids is 3. The number of amides is 2. The van der Waals surface area contributed by atoms with E-state index in [0.29, 0.717) is 27.6 Å². The van der Waals surface area contributed by atoms with Gasteiger partial charge in [0.2, 0.25) is 0 Å². The highest BCUT2D eigenvalue weighted by molar-refractivity contribution is 7.10. The first-order valence-electron chi connectivity index (χ1n) is 9.82. The quantitative estimate of drug-likeness (QED) is 0.513. The van der Waals surface area contributed by atoms with E-state index in [2.05, 4.69) is 20.3 Å². The molecule has 0 fully saturated rings. The third kappa shape index (κ3) is 4.83. The van der Waals surface area contributed by atoms with Crippen molar-refractivity contribution in [2.45, 2.75) is 19.9 Å². The van der Waals surface area contributed by atoms with E-state index in [-0.39, 0.29) is 24.5 Å². The number of hydrogen-bond donors (Lipinski definition) is 3. The van der Waals surface area contributed by atoms with Crippen LogP contribution in [0.4, 0.5) is 9.80 Å². The first kappa shape index (κ1) is 23.1. The summed E-state index contributed by atoms with van der Waals surface area (Å²) in [4.78, 5) is 37.8. The van der Waals surface area contributed by atoms with Gasteiger partial charge in [0.15, 0.2) is 0 Å². The summed E-state index contributed by atoms with van der Waals surface area (Å²) in [5.74, 6) is -0.619. The van der Waals surface area contributed by atoms with Crippen molar-refractivity contribution in [3.63, 3.8) is 0 Å². The van der Waals surface area contributed by atoms with Gasteiger partial charge in [0, 0.05) is 7.05 Å². The van der Waals surface area contributed by atoms with E-state index in [1.807, 2.05) is 0 Å². The minimum atomic E-state index is -0.792. The summed E-state index contributed by atoms with van der Waals surface area (Å²) in [5.41, 5.74) is 1.77. The van der Waals surface area contributed by atoms with Gasteiger partial charge in [-0.3, -0.25) is 0 Å². The number of nitrogens with zero attached hydrogens (tertiary/aromatic N) is 1. The minimum absolute atomic E-state index is 0.143. The molecule has 3 N–H and O–H groups in total. The van der Waals surface area contributed by atoms with E-state index in [0.717, 1.165) is 11.5 Å². The van der Waals surface area contributed by atoms with Crippen molar-refractivity contribution in [2.24, 2.45) is 0 Å².